The van der Waals surface area contributed by atoms with E-state index in [4.69, 9.17) is 4.74 Å². The fourth-order valence-corrected chi connectivity index (χ4v) is 6.71. The number of ether oxygens (including phenoxy) is 1. The van der Waals surface area contributed by atoms with Crippen LogP contribution in [0.1, 0.15) is 194 Å². The highest BCUT2D eigenvalue weighted by Gasteiger charge is 2.35. The number of carbonyl (C=O) groups excluding carboxylic acids is 2. The minimum absolute atomic E-state index is 0.0307. The summed E-state index contributed by atoms with van der Waals surface area (Å²) in [5.41, 5.74) is 0. The van der Waals surface area contributed by atoms with Crippen molar-refractivity contribution in [2.75, 3.05) is 39.4 Å². The lowest BCUT2D eigenvalue weighted by atomic mass is 10.1. The molecule has 49 heavy (non-hydrogen) atoms. The van der Waals surface area contributed by atoms with Crippen LogP contribution in [0.25, 0.3) is 0 Å². The number of allylic oxidation sites excluding steroid dienone is 4. The molecule has 0 unspecified atom stereocenters. The summed E-state index contributed by atoms with van der Waals surface area (Å²) in [6, 6.07) is 0. The Balaban J connectivity index is 2.11. The smallest absolute Gasteiger partial charge is 0.316 e. The number of rotatable bonds is 36. The van der Waals surface area contributed by atoms with Crippen LogP contribution in [0.15, 0.2) is 24.3 Å². The molecule has 0 aromatic carbocycles. The second kappa shape index (κ2) is 34.5. The molecule has 0 aliphatic carbocycles. The van der Waals surface area contributed by atoms with Gasteiger partial charge in [-0.05, 0) is 64.2 Å². The van der Waals surface area contributed by atoms with Gasteiger partial charge in [0.25, 0.3) is 0 Å². The first-order valence-electron chi connectivity index (χ1n) is 21.1. The number of nitrogens with zero attached hydrogens (tertiary/aromatic N) is 2. The summed E-state index contributed by atoms with van der Waals surface area (Å²) in [5.74, 6) is 0.728. The third-order valence-corrected chi connectivity index (χ3v) is 9.79. The fourth-order valence-electron chi connectivity index (χ4n) is 6.71. The molecule has 1 rings (SSSR count). The Morgan fingerprint density at radius 3 is 1.53 bits per heavy atom. The Morgan fingerprint density at radius 1 is 0.633 bits per heavy atom. The van der Waals surface area contributed by atoms with E-state index in [1.807, 2.05) is 4.58 Å². The van der Waals surface area contributed by atoms with E-state index in [1.54, 1.807) is 0 Å². The van der Waals surface area contributed by atoms with Gasteiger partial charge in [-0.25, -0.2) is 0 Å². The zero-order valence-electron chi connectivity index (χ0n) is 32.4. The molecule has 0 amide bonds. The van der Waals surface area contributed by atoms with Crippen molar-refractivity contribution in [2.24, 2.45) is 0 Å². The van der Waals surface area contributed by atoms with Crippen LogP contribution in [0.3, 0.4) is 0 Å². The van der Waals surface area contributed by atoms with E-state index in [0.29, 0.717) is 38.4 Å². The van der Waals surface area contributed by atoms with Crippen molar-refractivity contribution in [1.82, 2.24) is 4.90 Å². The highest BCUT2D eigenvalue weighted by Crippen LogP contribution is 2.13. The largest absolute Gasteiger partial charge is 0.462 e. The van der Waals surface area contributed by atoms with Crippen LogP contribution in [-0.2, 0) is 14.3 Å². The lowest BCUT2D eigenvalue weighted by molar-refractivity contribution is -0.519. The van der Waals surface area contributed by atoms with E-state index in [0.717, 1.165) is 38.8 Å². The maximum atomic E-state index is 13.2. The number of β-amino-alcohol motifs (C(OH)–C–C–N with tert-alkyl or cyclic N) is 1. The van der Waals surface area contributed by atoms with Crippen molar-refractivity contribution >= 4 is 17.6 Å². The number of hydrogen-bond donors (Lipinski definition) is 1. The van der Waals surface area contributed by atoms with Crippen molar-refractivity contribution in [2.45, 2.75) is 194 Å². The summed E-state index contributed by atoms with van der Waals surface area (Å²) in [4.78, 5) is 27.6. The van der Waals surface area contributed by atoms with Crippen molar-refractivity contribution < 1.29 is 24.0 Å². The van der Waals surface area contributed by atoms with Gasteiger partial charge >= 0.3 is 11.8 Å². The number of aliphatic hydroxyl groups is 1. The predicted octanol–water partition coefficient (Wildman–Crippen LogP) is 10.9. The number of esters is 1. The Kier molecular flexibility index (Phi) is 31.7. The summed E-state index contributed by atoms with van der Waals surface area (Å²) in [6.07, 6.45) is 42.7. The second-order valence-corrected chi connectivity index (χ2v) is 14.3. The molecule has 0 aromatic heterocycles. The molecule has 6 nitrogen and oxygen atoms in total. The van der Waals surface area contributed by atoms with Crippen molar-refractivity contribution in [3.8, 4) is 0 Å². The molecule has 0 spiro atoms. The van der Waals surface area contributed by atoms with Gasteiger partial charge in [0.05, 0.1) is 6.61 Å². The number of aliphatic hydroxyl groups excluding tert-OH is 1. The summed E-state index contributed by atoms with van der Waals surface area (Å²) < 4.78 is 7.56. The van der Waals surface area contributed by atoms with E-state index >= 15 is 0 Å². The highest BCUT2D eigenvalue weighted by molar-refractivity contribution is 6.36. The highest BCUT2D eigenvalue weighted by atomic mass is 16.5. The van der Waals surface area contributed by atoms with E-state index in [9.17, 15) is 14.7 Å². The summed E-state index contributed by atoms with van der Waals surface area (Å²) >= 11 is 0. The molecule has 1 heterocycles. The summed E-state index contributed by atoms with van der Waals surface area (Å²) in [5, 5.41) is 9.55. The first kappa shape index (κ1) is 45.1. The van der Waals surface area contributed by atoms with Crippen LogP contribution in [0.2, 0.25) is 0 Å². The van der Waals surface area contributed by atoms with Crippen molar-refractivity contribution in [1.29, 1.82) is 0 Å². The van der Waals surface area contributed by atoms with Gasteiger partial charge in [-0.15, -0.1) is 0 Å². The second-order valence-electron chi connectivity index (χ2n) is 14.3. The standard InChI is InChI=1S/C43H79N2O4/c1-3-5-7-9-11-13-15-17-19-21-23-25-27-29-31-33-41(47)43-44(37-39-46)35-36-45(43)38-40-49-42(48)34-32-30-28-26-24-22-20-18-16-14-12-10-8-6-4-2/h17-20,46H,3-16,21-40H2,1-2H3/q+1/b19-17+,20-18+. The molecule has 0 atom stereocenters. The van der Waals surface area contributed by atoms with Crippen LogP contribution >= 0.6 is 0 Å². The summed E-state index contributed by atoms with van der Waals surface area (Å²) in [7, 11) is 0. The molecule has 0 fully saturated rings. The Hall–Kier alpha value is -1.95. The zero-order chi connectivity index (χ0) is 35.5. The Morgan fingerprint density at radius 2 is 1.06 bits per heavy atom. The number of carbonyl (C=O) groups is 2. The molecule has 0 saturated carbocycles. The lowest BCUT2D eigenvalue weighted by Crippen LogP contribution is -2.39. The molecule has 0 saturated heterocycles. The molecular weight excluding hydrogens is 608 g/mol. The molecule has 1 N–H and O–H groups in total. The minimum atomic E-state index is -0.134. The summed E-state index contributed by atoms with van der Waals surface area (Å²) in [6.45, 7) is 7.35. The van der Waals surface area contributed by atoms with Crippen LogP contribution in [0.5, 0.6) is 0 Å². The molecule has 284 valence electrons. The van der Waals surface area contributed by atoms with Gasteiger partial charge in [0.1, 0.15) is 32.8 Å². The van der Waals surface area contributed by atoms with Gasteiger partial charge in [-0.1, -0.05) is 141 Å². The monoisotopic (exact) mass is 688 g/mol. The normalized spacial score (nSPS) is 13.5. The van der Waals surface area contributed by atoms with Crippen molar-refractivity contribution in [3.05, 3.63) is 24.3 Å². The maximum absolute atomic E-state index is 13.2. The zero-order valence-corrected chi connectivity index (χ0v) is 32.4. The first-order valence-corrected chi connectivity index (χ1v) is 21.1. The van der Waals surface area contributed by atoms with Gasteiger partial charge in [-0.2, -0.15) is 0 Å². The number of Topliss-reactive ketones (excluding diaryl/α,β-unsaturated/α-hetero) is 1. The fraction of sp³-hybridized carbons (Fsp3) is 0.837. The van der Waals surface area contributed by atoms with Crippen LogP contribution in [0.4, 0.5) is 0 Å². The number of hydrogen-bond acceptors (Lipinski definition) is 5. The van der Waals surface area contributed by atoms with E-state index < -0.39 is 0 Å². The van der Waals surface area contributed by atoms with Crippen molar-refractivity contribution in [3.63, 3.8) is 0 Å². The molecule has 1 aliphatic rings. The van der Waals surface area contributed by atoms with Gasteiger partial charge in [0, 0.05) is 12.8 Å². The lowest BCUT2D eigenvalue weighted by Gasteiger charge is -2.13. The molecule has 6 heteroatoms. The van der Waals surface area contributed by atoms with Crippen LogP contribution < -0.4 is 0 Å². The quantitative estimate of drug-likeness (QED) is 0.0307. The maximum Gasteiger partial charge on any atom is 0.316 e. The van der Waals surface area contributed by atoms with Gasteiger partial charge in [-0.3, -0.25) is 19.1 Å². The number of ketones is 1. The average molecular weight is 688 g/mol. The molecule has 1 aliphatic heterocycles. The predicted molar refractivity (Wildman–Crippen MR) is 209 cm³/mol. The van der Waals surface area contributed by atoms with Crippen LogP contribution in [0, 0.1) is 0 Å². The molecular formula is C43H79N2O4+. The van der Waals surface area contributed by atoms with Gasteiger partial charge in [0.15, 0.2) is 0 Å². The van der Waals surface area contributed by atoms with Crippen LogP contribution in [-0.4, -0.2) is 71.6 Å². The third-order valence-electron chi connectivity index (χ3n) is 9.79. The van der Waals surface area contributed by atoms with Gasteiger partial charge in [0.2, 0.25) is 5.78 Å². The minimum Gasteiger partial charge on any atom is -0.462 e. The van der Waals surface area contributed by atoms with Gasteiger partial charge < -0.3 is 9.84 Å². The van der Waals surface area contributed by atoms with E-state index in [-0.39, 0.29) is 18.4 Å². The molecule has 0 bridgehead atoms. The first-order chi connectivity index (χ1) is 24.1. The number of amidine groups is 1. The Bertz CT molecular complexity index is 881. The van der Waals surface area contributed by atoms with E-state index in [2.05, 4.69) is 43.1 Å². The SMILES string of the molecule is CCCCCCCC/C=C/CCCCCCCC(=O)OCCN1CC[N+](CCO)=C1C(=O)CCCCCCC/C=C/CCCCCCCC. The Labute approximate surface area is 303 Å². The molecule has 0 radical (unpaired) electrons. The number of unbranched alkanes of at least 4 members (excludes halogenated alkanes) is 22. The van der Waals surface area contributed by atoms with E-state index in [1.165, 1.54) is 141 Å². The third kappa shape index (κ3) is 26.5. The molecule has 0 aromatic rings. The average Bonchev–Trinajstić information content (AvgIpc) is 3.50. The topological polar surface area (TPSA) is 69.8 Å².